The summed E-state index contributed by atoms with van der Waals surface area (Å²) in [5, 5.41) is 63.4. The first kappa shape index (κ1) is 55.5. The fourth-order valence-corrected chi connectivity index (χ4v) is 7.73. The second kappa shape index (κ2) is 28.4. The van der Waals surface area contributed by atoms with Crippen molar-refractivity contribution in [3.63, 3.8) is 0 Å². The zero-order chi connectivity index (χ0) is 49.6. The van der Waals surface area contributed by atoms with Gasteiger partial charge in [0.15, 0.2) is 0 Å². The number of benzene rings is 2. The molecule has 0 aliphatic carbocycles. The molecule has 3 rings (SSSR count). The SMILES string of the molecule is CCCCCCCCCCCCCCCC(=O)N(C)C(CO)C(=O)N[C@H](C)C(=O)NCC(=O)N(C)[C@@H]1C(=O)N[C@@H](C)C(=O)NC(C(=O)NCC(O)CO)c2ccc(O)c(c2)-c2cc1ccc2O. The van der Waals surface area contributed by atoms with Crippen LogP contribution < -0.4 is 26.6 Å². The van der Waals surface area contributed by atoms with Gasteiger partial charge in [0.1, 0.15) is 41.7 Å². The first-order chi connectivity index (χ1) is 31.9. The van der Waals surface area contributed by atoms with E-state index in [-0.39, 0.29) is 52.6 Å². The molecule has 0 radical (unpaired) electrons. The molecule has 0 aromatic heterocycles. The summed E-state index contributed by atoms with van der Waals surface area (Å²) in [7, 11) is 2.69. The number of unbranched alkanes of at least 4 members (excludes halogenated alkanes) is 12. The molecule has 0 saturated heterocycles. The standard InChI is InChI=1S/C48H73N7O12/c1-6-7-8-9-10-11-12-13-14-15-16-17-18-19-40(61)54(4)37(29-57)46(65)51-30(2)44(63)50-27-41(62)55(5)43-33-21-23-39(60)36(25-33)35-24-32(20-22-38(35)59)42(47(66)49-26-34(58)28-56)53-45(64)31(3)52-48(43)67/h20-25,30-31,34,37,42-43,56-60H,6-19,26-29H2,1-5H3,(H,49,66)(H,50,63)(H,51,65)(H,52,67)(H,53,64)/t30-,31+,34?,37?,42?,43+/m1/s1. The number of amides is 7. The summed E-state index contributed by atoms with van der Waals surface area (Å²) >= 11 is 0. The van der Waals surface area contributed by atoms with Crippen LogP contribution in [0.4, 0.5) is 0 Å². The fourth-order valence-electron chi connectivity index (χ4n) is 7.73. The molecule has 6 atom stereocenters. The number of fused-ring (bicyclic) bond motifs is 5. The lowest BCUT2D eigenvalue weighted by atomic mass is 9.94. The summed E-state index contributed by atoms with van der Waals surface area (Å²) in [5.41, 5.74) is 0.268. The quantitative estimate of drug-likeness (QED) is 0.0609. The zero-order valence-corrected chi connectivity index (χ0v) is 39.6. The van der Waals surface area contributed by atoms with Gasteiger partial charge in [0.25, 0.3) is 0 Å². The van der Waals surface area contributed by atoms with Crippen molar-refractivity contribution >= 4 is 41.4 Å². The Bertz CT molecular complexity index is 1980. The minimum Gasteiger partial charge on any atom is -0.507 e. The van der Waals surface area contributed by atoms with Crippen molar-refractivity contribution in [3.8, 4) is 22.6 Å². The number of aliphatic hydroxyl groups is 3. The Hall–Kier alpha value is -5.79. The van der Waals surface area contributed by atoms with Gasteiger partial charge in [0.2, 0.25) is 41.4 Å². The first-order valence-corrected chi connectivity index (χ1v) is 23.5. The summed E-state index contributed by atoms with van der Waals surface area (Å²) in [6.45, 7) is 2.56. The minimum atomic E-state index is -1.49. The van der Waals surface area contributed by atoms with Gasteiger partial charge in [-0.25, -0.2) is 0 Å². The van der Waals surface area contributed by atoms with Gasteiger partial charge in [-0.1, -0.05) is 96.1 Å². The lowest BCUT2D eigenvalue weighted by molar-refractivity contribution is -0.142. The third kappa shape index (κ3) is 17.1. The number of nitrogens with one attached hydrogen (secondary N) is 5. The van der Waals surface area contributed by atoms with Gasteiger partial charge in [-0.3, -0.25) is 33.6 Å². The Balaban J connectivity index is 1.64. The van der Waals surface area contributed by atoms with Crippen LogP contribution in [0.25, 0.3) is 11.1 Å². The third-order valence-electron chi connectivity index (χ3n) is 12.0. The molecule has 1 aliphatic heterocycles. The number of rotatable bonds is 26. The molecule has 0 spiro atoms. The van der Waals surface area contributed by atoms with Crippen molar-refractivity contribution in [1.82, 2.24) is 36.4 Å². The number of likely N-dealkylation sites (N-methyl/N-ethyl adjacent to an activating group) is 2. The highest BCUT2D eigenvalue weighted by Gasteiger charge is 2.35. The lowest BCUT2D eigenvalue weighted by Gasteiger charge is -2.30. The molecule has 3 unspecified atom stereocenters. The van der Waals surface area contributed by atoms with Crippen LogP contribution in [0.2, 0.25) is 0 Å². The minimum absolute atomic E-state index is 0.00293. The molecule has 67 heavy (non-hydrogen) atoms. The molecule has 0 saturated carbocycles. The van der Waals surface area contributed by atoms with E-state index in [2.05, 4.69) is 33.5 Å². The number of aliphatic hydroxyl groups excluding tert-OH is 3. The smallest absolute Gasteiger partial charge is 0.248 e. The molecule has 372 valence electrons. The first-order valence-electron chi connectivity index (χ1n) is 23.5. The third-order valence-corrected chi connectivity index (χ3v) is 12.0. The van der Waals surface area contributed by atoms with E-state index in [1.54, 1.807) is 0 Å². The van der Waals surface area contributed by atoms with Crippen molar-refractivity contribution in [3.05, 3.63) is 47.5 Å². The maximum Gasteiger partial charge on any atom is 0.248 e. The van der Waals surface area contributed by atoms with E-state index in [9.17, 15) is 59.1 Å². The molecule has 1 aliphatic rings. The van der Waals surface area contributed by atoms with Crippen LogP contribution in [0.3, 0.4) is 0 Å². The molecule has 1 heterocycles. The van der Waals surface area contributed by atoms with Crippen molar-refractivity contribution in [1.29, 1.82) is 0 Å². The number of aromatic hydroxyl groups is 2. The number of hydrogen-bond donors (Lipinski definition) is 10. The van der Waals surface area contributed by atoms with Crippen LogP contribution >= 0.6 is 0 Å². The van der Waals surface area contributed by atoms with Crippen molar-refractivity contribution in [2.24, 2.45) is 0 Å². The number of phenolic OH excluding ortho intramolecular Hbond substituents is 2. The second-order valence-electron chi connectivity index (χ2n) is 17.4. The topological polar surface area (TPSA) is 287 Å². The molecule has 2 aromatic rings. The van der Waals surface area contributed by atoms with E-state index in [4.69, 9.17) is 0 Å². The Morgan fingerprint density at radius 3 is 1.79 bits per heavy atom. The summed E-state index contributed by atoms with van der Waals surface area (Å²) < 4.78 is 0. The normalized spacial score (nSPS) is 17.2. The average molecular weight is 940 g/mol. The fraction of sp³-hybridized carbons (Fsp3) is 0.604. The number of phenols is 2. The number of carbonyl (C=O) groups is 7. The molecule has 10 N–H and O–H groups in total. The van der Waals surface area contributed by atoms with E-state index >= 15 is 0 Å². The monoisotopic (exact) mass is 940 g/mol. The van der Waals surface area contributed by atoms with Crippen LogP contribution in [0.5, 0.6) is 11.5 Å². The summed E-state index contributed by atoms with van der Waals surface area (Å²) in [6, 6.07) is 1.18. The Morgan fingerprint density at radius 2 is 1.24 bits per heavy atom. The highest BCUT2D eigenvalue weighted by atomic mass is 16.3. The molecular formula is C48H73N7O12. The van der Waals surface area contributed by atoms with Crippen molar-refractivity contribution in [2.75, 3.05) is 40.4 Å². The van der Waals surface area contributed by atoms with Crippen LogP contribution in [0.15, 0.2) is 36.4 Å². The maximum absolute atomic E-state index is 14.0. The van der Waals surface area contributed by atoms with E-state index in [1.165, 1.54) is 122 Å². The summed E-state index contributed by atoms with van der Waals surface area (Å²) in [4.78, 5) is 96.0. The molecular weight excluding hydrogens is 867 g/mol. The van der Waals surface area contributed by atoms with Gasteiger partial charge in [-0.15, -0.1) is 0 Å². The van der Waals surface area contributed by atoms with Crippen LogP contribution in [-0.2, 0) is 33.6 Å². The highest BCUT2D eigenvalue weighted by molar-refractivity contribution is 5.97. The van der Waals surface area contributed by atoms with Gasteiger partial charge in [-0.05, 0) is 55.7 Å². The predicted molar refractivity (Wildman–Crippen MR) is 250 cm³/mol. The lowest BCUT2D eigenvalue weighted by Crippen LogP contribution is -2.55. The molecule has 2 aromatic carbocycles. The van der Waals surface area contributed by atoms with Crippen molar-refractivity contribution in [2.45, 2.75) is 147 Å². The largest absolute Gasteiger partial charge is 0.507 e. The molecule has 4 bridgehead atoms. The van der Waals surface area contributed by atoms with E-state index in [1.807, 2.05) is 0 Å². The van der Waals surface area contributed by atoms with Crippen LogP contribution in [0.1, 0.15) is 134 Å². The highest BCUT2D eigenvalue weighted by Crippen LogP contribution is 2.39. The maximum atomic E-state index is 14.0. The molecule has 19 heteroatoms. The Morgan fingerprint density at radius 1 is 0.701 bits per heavy atom. The molecule has 7 amide bonds. The zero-order valence-electron chi connectivity index (χ0n) is 39.6. The molecule has 0 fully saturated rings. The van der Waals surface area contributed by atoms with E-state index in [0.29, 0.717) is 6.42 Å². The van der Waals surface area contributed by atoms with Gasteiger partial charge >= 0.3 is 0 Å². The van der Waals surface area contributed by atoms with Crippen LogP contribution in [-0.4, -0.2) is 141 Å². The van der Waals surface area contributed by atoms with Gasteiger partial charge in [-0.2, -0.15) is 0 Å². The number of nitrogens with zero attached hydrogens (tertiary/aromatic N) is 2. The van der Waals surface area contributed by atoms with Crippen molar-refractivity contribution < 1.29 is 59.1 Å². The van der Waals surface area contributed by atoms with E-state index < -0.39 is 91.5 Å². The molecule has 19 nitrogen and oxygen atoms in total. The Kier molecular flexibility index (Phi) is 23.5. The second-order valence-corrected chi connectivity index (χ2v) is 17.4. The predicted octanol–water partition coefficient (Wildman–Crippen LogP) is 2.33. The average Bonchev–Trinajstić information content (AvgIpc) is 3.31. The number of hydrogen-bond acceptors (Lipinski definition) is 12. The van der Waals surface area contributed by atoms with E-state index in [0.717, 1.165) is 29.1 Å². The van der Waals surface area contributed by atoms with Gasteiger partial charge < -0.3 is 61.9 Å². The van der Waals surface area contributed by atoms with Crippen LogP contribution in [0, 0.1) is 0 Å². The van der Waals surface area contributed by atoms with Gasteiger partial charge in [0, 0.05) is 38.2 Å². The summed E-state index contributed by atoms with van der Waals surface area (Å²) in [5.74, 6) is -5.86. The Labute approximate surface area is 393 Å². The van der Waals surface area contributed by atoms with Gasteiger partial charge in [0.05, 0.1) is 25.9 Å². The number of carbonyl (C=O) groups excluding carboxylic acids is 7. The summed E-state index contributed by atoms with van der Waals surface area (Å²) in [6.07, 6.45) is 14.0.